The van der Waals surface area contributed by atoms with Crippen molar-refractivity contribution in [3.63, 3.8) is 0 Å². The minimum absolute atomic E-state index is 0.0657. The molecule has 1 aliphatic heterocycles. The summed E-state index contributed by atoms with van der Waals surface area (Å²) >= 11 is 1.30. The van der Waals surface area contributed by atoms with Gasteiger partial charge in [-0.1, -0.05) is 26.0 Å². The van der Waals surface area contributed by atoms with Crippen molar-refractivity contribution in [2.75, 3.05) is 55.7 Å². The van der Waals surface area contributed by atoms with Gasteiger partial charge in [-0.25, -0.2) is 4.39 Å². The average molecular weight is 473 g/mol. The summed E-state index contributed by atoms with van der Waals surface area (Å²) in [4.78, 5) is 18.6. The number of piperazine rings is 1. The standard InChI is InChI=1S/C24H33FN6OS/c1-17(2)16-21(23(27)32)31(11-9-26)24-22(18(3)28-33-24)19-4-6-20(7-5-19)30-14-12-29(10-8-25)13-15-30/h4-7,17,21H,8,10-16H2,1-3H3,(H2,27,32)/t21-/m0/s1. The molecule has 178 valence electrons. The third-order valence-electron chi connectivity index (χ3n) is 6.04. The molecule has 1 atom stereocenters. The van der Waals surface area contributed by atoms with Gasteiger partial charge >= 0.3 is 0 Å². The van der Waals surface area contributed by atoms with Crippen molar-refractivity contribution >= 4 is 28.1 Å². The lowest BCUT2D eigenvalue weighted by molar-refractivity contribution is -0.119. The van der Waals surface area contributed by atoms with Gasteiger partial charge in [0, 0.05) is 44.0 Å². The highest BCUT2D eigenvalue weighted by Crippen LogP contribution is 2.39. The van der Waals surface area contributed by atoms with Gasteiger partial charge < -0.3 is 15.5 Å². The van der Waals surface area contributed by atoms with Crippen LogP contribution in [0, 0.1) is 24.2 Å². The normalized spacial score (nSPS) is 15.5. The van der Waals surface area contributed by atoms with E-state index in [-0.39, 0.29) is 19.1 Å². The van der Waals surface area contributed by atoms with Crippen LogP contribution in [0.1, 0.15) is 26.0 Å². The molecule has 2 N–H and O–H groups in total. The van der Waals surface area contributed by atoms with Gasteiger partial charge in [-0.05, 0) is 48.5 Å². The second-order valence-corrected chi connectivity index (χ2v) is 9.60. The highest BCUT2D eigenvalue weighted by molar-refractivity contribution is 7.11. The lowest BCUT2D eigenvalue weighted by Gasteiger charge is -2.35. The van der Waals surface area contributed by atoms with Crippen molar-refractivity contribution in [2.24, 2.45) is 11.7 Å². The summed E-state index contributed by atoms with van der Waals surface area (Å²) in [5, 5.41) is 10.3. The third-order valence-corrected chi connectivity index (χ3v) is 7.02. The molecule has 2 aromatic rings. The van der Waals surface area contributed by atoms with E-state index in [1.165, 1.54) is 11.5 Å². The molecule has 1 amide bonds. The Kier molecular flexibility index (Phi) is 8.64. The Morgan fingerprint density at radius 3 is 2.48 bits per heavy atom. The maximum absolute atomic E-state index is 12.6. The lowest BCUT2D eigenvalue weighted by atomic mass is 10.00. The number of nitrogens with two attached hydrogens (primary N) is 1. The van der Waals surface area contributed by atoms with Gasteiger partial charge in [-0.15, -0.1) is 0 Å². The van der Waals surface area contributed by atoms with E-state index in [1.54, 1.807) is 4.90 Å². The maximum atomic E-state index is 12.6. The van der Waals surface area contributed by atoms with Gasteiger partial charge in [0.2, 0.25) is 5.91 Å². The van der Waals surface area contributed by atoms with Gasteiger partial charge in [-0.2, -0.15) is 9.64 Å². The summed E-state index contributed by atoms with van der Waals surface area (Å²) in [5.41, 5.74) is 9.66. The van der Waals surface area contributed by atoms with Crippen LogP contribution in [-0.2, 0) is 4.79 Å². The first-order valence-electron chi connectivity index (χ1n) is 11.4. The van der Waals surface area contributed by atoms with Crippen molar-refractivity contribution in [1.82, 2.24) is 9.27 Å². The second kappa shape index (κ2) is 11.4. The SMILES string of the molecule is Cc1nsc(N(CC#N)[C@@H](CC(C)C)C(N)=O)c1-c1ccc(N2CCN(CCF)CC2)cc1. The fourth-order valence-electron chi connectivity index (χ4n) is 4.32. The number of primary amides is 1. The molecule has 1 aromatic heterocycles. The van der Waals surface area contributed by atoms with E-state index in [9.17, 15) is 14.4 Å². The van der Waals surface area contributed by atoms with Crippen molar-refractivity contribution in [3.05, 3.63) is 30.0 Å². The van der Waals surface area contributed by atoms with Crippen LogP contribution < -0.4 is 15.5 Å². The molecule has 9 heteroatoms. The second-order valence-electron chi connectivity index (χ2n) is 8.85. The molecule has 7 nitrogen and oxygen atoms in total. The Hall–Kier alpha value is -2.70. The van der Waals surface area contributed by atoms with E-state index in [4.69, 9.17) is 5.73 Å². The number of alkyl halides is 1. The Labute approximate surface area is 199 Å². The number of carbonyl (C=O) groups is 1. The molecule has 0 aliphatic carbocycles. The fraction of sp³-hybridized carbons (Fsp3) is 0.542. The Morgan fingerprint density at radius 1 is 1.27 bits per heavy atom. The number of nitrogens with zero attached hydrogens (tertiary/aromatic N) is 5. The number of rotatable bonds is 10. The van der Waals surface area contributed by atoms with Crippen molar-refractivity contribution in [3.8, 4) is 17.2 Å². The molecule has 2 heterocycles. The van der Waals surface area contributed by atoms with Gasteiger partial charge in [0.15, 0.2) is 0 Å². The first-order valence-corrected chi connectivity index (χ1v) is 12.2. The molecule has 1 fully saturated rings. The largest absolute Gasteiger partial charge is 0.369 e. The molecular formula is C24H33FN6OS. The van der Waals surface area contributed by atoms with Crippen LogP contribution in [0.5, 0.6) is 0 Å². The van der Waals surface area contributed by atoms with Crippen LogP contribution in [0.25, 0.3) is 11.1 Å². The van der Waals surface area contributed by atoms with Gasteiger partial charge in [0.05, 0.1) is 11.8 Å². The first-order chi connectivity index (χ1) is 15.8. The van der Waals surface area contributed by atoms with Crippen molar-refractivity contribution in [2.45, 2.75) is 33.2 Å². The first kappa shape index (κ1) is 24.9. The molecular weight excluding hydrogens is 439 g/mol. The number of hydrogen-bond acceptors (Lipinski definition) is 7. The molecule has 0 saturated carbocycles. The Bertz CT molecular complexity index is 962. The summed E-state index contributed by atoms with van der Waals surface area (Å²) in [6.07, 6.45) is 0.570. The Balaban J connectivity index is 1.86. The molecule has 1 aliphatic rings. The van der Waals surface area contributed by atoms with Crippen molar-refractivity contribution in [1.29, 1.82) is 5.26 Å². The summed E-state index contributed by atoms with van der Waals surface area (Å²) in [6, 6.07) is 9.94. The third kappa shape index (κ3) is 6.01. The van der Waals surface area contributed by atoms with E-state index in [0.717, 1.165) is 53.7 Å². The van der Waals surface area contributed by atoms with Gasteiger partial charge in [0.1, 0.15) is 24.3 Å². The van der Waals surface area contributed by atoms with E-state index >= 15 is 0 Å². The summed E-state index contributed by atoms with van der Waals surface area (Å²) < 4.78 is 17.1. The highest BCUT2D eigenvalue weighted by atomic mass is 32.1. The number of aryl methyl sites for hydroxylation is 1. The number of benzene rings is 1. The van der Waals surface area contributed by atoms with Crippen LogP contribution in [-0.4, -0.2) is 67.2 Å². The summed E-state index contributed by atoms with van der Waals surface area (Å²) in [7, 11) is 0. The zero-order chi connectivity index (χ0) is 24.0. The lowest BCUT2D eigenvalue weighted by Crippen LogP contribution is -2.47. The molecule has 0 radical (unpaired) electrons. The maximum Gasteiger partial charge on any atom is 0.240 e. The minimum atomic E-state index is -0.567. The predicted octanol–water partition coefficient (Wildman–Crippen LogP) is 3.44. The predicted molar refractivity (Wildman–Crippen MR) is 132 cm³/mol. The van der Waals surface area contributed by atoms with E-state index < -0.39 is 11.9 Å². The monoisotopic (exact) mass is 472 g/mol. The number of carbonyl (C=O) groups excluding carboxylic acids is 1. The highest BCUT2D eigenvalue weighted by Gasteiger charge is 2.29. The smallest absolute Gasteiger partial charge is 0.240 e. The fourth-order valence-corrected chi connectivity index (χ4v) is 5.29. The summed E-state index contributed by atoms with van der Waals surface area (Å²) in [6.45, 7) is 9.74. The quantitative estimate of drug-likeness (QED) is 0.533. The van der Waals surface area contributed by atoms with Crippen LogP contribution in [0.4, 0.5) is 15.1 Å². The number of nitriles is 1. The van der Waals surface area contributed by atoms with Gasteiger partial charge in [0.25, 0.3) is 0 Å². The van der Waals surface area contributed by atoms with E-state index in [0.29, 0.717) is 13.0 Å². The van der Waals surface area contributed by atoms with E-state index in [2.05, 4.69) is 44.5 Å². The molecule has 33 heavy (non-hydrogen) atoms. The van der Waals surface area contributed by atoms with Crippen LogP contribution in [0.15, 0.2) is 24.3 Å². The topological polar surface area (TPSA) is 89.5 Å². The number of halogens is 1. The molecule has 3 rings (SSSR count). The zero-order valence-corrected chi connectivity index (χ0v) is 20.4. The number of amides is 1. The van der Waals surface area contributed by atoms with Crippen molar-refractivity contribution < 1.29 is 9.18 Å². The number of anilines is 2. The molecule has 1 saturated heterocycles. The molecule has 1 aromatic carbocycles. The molecule has 0 unspecified atom stereocenters. The minimum Gasteiger partial charge on any atom is -0.369 e. The van der Waals surface area contributed by atoms with Crippen LogP contribution in [0.3, 0.4) is 0 Å². The number of hydrogen-bond donors (Lipinski definition) is 1. The zero-order valence-electron chi connectivity index (χ0n) is 19.6. The van der Waals surface area contributed by atoms with Crippen LogP contribution >= 0.6 is 11.5 Å². The molecule has 0 spiro atoms. The summed E-state index contributed by atoms with van der Waals surface area (Å²) in [5.74, 6) is -0.177. The Morgan fingerprint density at radius 2 is 1.94 bits per heavy atom. The number of aromatic nitrogens is 1. The average Bonchev–Trinajstić information content (AvgIpc) is 3.18. The van der Waals surface area contributed by atoms with Gasteiger partial charge in [-0.3, -0.25) is 9.69 Å². The van der Waals surface area contributed by atoms with E-state index in [1.807, 2.05) is 20.8 Å². The molecule has 0 bridgehead atoms. The van der Waals surface area contributed by atoms with Crippen LogP contribution in [0.2, 0.25) is 0 Å².